The van der Waals surface area contributed by atoms with Crippen molar-refractivity contribution in [1.82, 2.24) is 14.7 Å². The quantitative estimate of drug-likeness (QED) is 0.733. The predicted molar refractivity (Wildman–Crippen MR) is 57.6 cm³/mol. The Kier molecular flexibility index (Phi) is 3.82. The number of likely N-dealkylation sites (N-methyl/N-ethyl adjacent to an activating group) is 1. The monoisotopic (exact) mass is 223 g/mol. The van der Waals surface area contributed by atoms with Gasteiger partial charge in [-0.1, -0.05) is 0 Å². The average molecular weight is 223 g/mol. The minimum absolute atomic E-state index is 0.0723. The van der Waals surface area contributed by atoms with Crippen molar-refractivity contribution < 1.29 is 14.7 Å². The van der Waals surface area contributed by atoms with Crippen molar-refractivity contribution in [3.8, 4) is 0 Å². The first-order valence-electron chi connectivity index (χ1n) is 4.62. The molecule has 0 aliphatic carbocycles. The van der Waals surface area contributed by atoms with Gasteiger partial charge in [-0.25, -0.2) is 4.79 Å². The van der Waals surface area contributed by atoms with Gasteiger partial charge in [-0.2, -0.15) is 5.10 Å². The number of carbonyl (C=O) groups is 2. The van der Waals surface area contributed by atoms with Gasteiger partial charge < -0.3 is 10.0 Å². The van der Waals surface area contributed by atoms with Crippen LogP contribution >= 0.6 is 0 Å². The summed E-state index contributed by atoms with van der Waals surface area (Å²) in [7, 11) is 3.33. The Morgan fingerprint density at radius 1 is 1.56 bits per heavy atom. The Morgan fingerprint density at radius 3 is 2.81 bits per heavy atom. The average Bonchev–Trinajstić information content (AvgIpc) is 2.62. The number of hydrogen-bond acceptors (Lipinski definition) is 3. The summed E-state index contributed by atoms with van der Waals surface area (Å²) >= 11 is 0. The van der Waals surface area contributed by atoms with Crippen molar-refractivity contribution >= 4 is 18.0 Å². The molecular weight excluding hydrogens is 210 g/mol. The van der Waals surface area contributed by atoms with Gasteiger partial charge in [0.2, 0.25) is 5.91 Å². The molecule has 1 N–H and O–H groups in total. The number of nitrogens with zero attached hydrogens (tertiary/aromatic N) is 3. The highest BCUT2D eigenvalue weighted by molar-refractivity contribution is 5.85. The van der Waals surface area contributed by atoms with Crippen LogP contribution in [0.25, 0.3) is 6.08 Å². The van der Waals surface area contributed by atoms with Gasteiger partial charge in [-0.05, 0) is 6.08 Å². The van der Waals surface area contributed by atoms with E-state index in [-0.39, 0.29) is 12.5 Å². The number of amides is 1. The summed E-state index contributed by atoms with van der Waals surface area (Å²) in [5.41, 5.74) is 0.647. The van der Waals surface area contributed by atoms with Crippen molar-refractivity contribution in [3.63, 3.8) is 0 Å². The summed E-state index contributed by atoms with van der Waals surface area (Å²) < 4.78 is 1.46. The van der Waals surface area contributed by atoms with E-state index in [1.54, 1.807) is 20.3 Å². The molecule has 1 heterocycles. The zero-order chi connectivity index (χ0) is 12.1. The first-order valence-corrected chi connectivity index (χ1v) is 4.62. The molecule has 0 spiro atoms. The van der Waals surface area contributed by atoms with E-state index in [1.165, 1.54) is 21.9 Å². The predicted octanol–water partition coefficient (Wildman–Crippen LogP) is 0.0691. The number of carbonyl (C=O) groups excluding carboxylic acids is 1. The van der Waals surface area contributed by atoms with Gasteiger partial charge in [0, 0.05) is 31.9 Å². The summed E-state index contributed by atoms with van der Waals surface area (Å²) in [5.74, 6) is -1.09. The van der Waals surface area contributed by atoms with Gasteiger partial charge in [0.05, 0.1) is 6.20 Å². The summed E-state index contributed by atoms with van der Waals surface area (Å²) in [6.07, 6.45) is 5.56. The lowest BCUT2D eigenvalue weighted by Gasteiger charge is -2.09. The fraction of sp³-hybridized carbons (Fsp3) is 0.300. The molecule has 1 aromatic heterocycles. The van der Waals surface area contributed by atoms with E-state index in [4.69, 9.17) is 5.11 Å². The molecule has 1 aromatic rings. The van der Waals surface area contributed by atoms with Crippen molar-refractivity contribution in [3.05, 3.63) is 24.0 Å². The van der Waals surface area contributed by atoms with Crippen LogP contribution in [0.5, 0.6) is 0 Å². The van der Waals surface area contributed by atoms with Gasteiger partial charge in [-0.15, -0.1) is 0 Å². The van der Waals surface area contributed by atoms with Gasteiger partial charge in [-0.3, -0.25) is 9.48 Å². The zero-order valence-corrected chi connectivity index (χ0v) is 9.12. The third kappa shape index (κ3) is 3.56. The molecule has 0 bridgehead atoms. The topological polar surface area (TPSA) is 75.4 Å². The molecule has 16 heavy (non-hydrogen) atoms. The Morgan fingerprint density at radius 2 is 2.25 bits per heavy atom. The first-order chi connectivity index (χ1) is 7.49. The van der Waals surface area contributed by atoms with Crippen molar-refractivity contribution in [2.45, 2.75) is 6.54 Å². The van der Waals surface area contributed by atoms with Crippen molar-refractivity contribution in [2.75, 3.05) is 14.1 Å². The highest BCUT2D eigenvalue weighted by Crippen LogP contribution is 2.00. The smallest absolute Gasteiger partial charge is 0.328 e. The van der Waals surface area contributed by atoms with Gasteiger partial charge in [0.15, 0.2) is 0 Å². The molecule has 0 aliphatic rings. The molecule has 0 saturated heterocycles. The molecular formula is C10H13N3O3. The van der Waals surface area contributed by atoms with Crippen LogP contribution < -0.4 is 0 Å². The minimum Gasteiger partial charge on any atom is -0.478 e. The number of aliphatic carboxylic acids is 1. The molecule has 0 atom stereocenters. The van der Waals surface area contributed by atoms with E-state index in [1.807, 2.05) is 0 Å². The largest absolute Gasteiger partial charge is 0.478 e. The van der Waals surface area contributed by atoms with Crippen molar-refractivity contribution in [2.24, 2.45) is 0 Å². The fourth-order valence-corrected chi connectivity index (χ4v) is 1.000. The Bertz CT molecular complexity index is 421. The van der Waals surface area contributed by atoms with Gasteiger partial charge >= 0.3 is 5.97 Å². The molecule has 0 aromatic carbocycles. The van der Waals surface area contributed by atoms with E-state index < -0.39 is 5.97 Å². The molecule has 0 radical (unpaired) electrons. The number of carboxylic acid groups (broad SMARTS) is 1. The Balaban J connectivity index is 2.65. The van der Waals surface area contributed by atoms with E-state index in [2.05, 4.69) is 5.10 Å². The second-order valence-corrected chi connectivity index (χ2v) is 3.43. The van der Waals surface area contributed by atoms with Gasteiger partial charge in [0.1, 0.15) is 6.54 Å². The van der Waals surface area contributed by atoms with Crippen LogP contribution in [0.1, 0.15) is 5.56 Å². The Labute approximate surface area is 92.8 Å². The second kappa shape index (κ2) is 5.11. The maximum absolute atomic E-state index is 11.3. The number of hydrogen-bond donors (Lipinski definition) is 1. The van der Waals surface area contributed by atoms with E-state index in [0.717, 1.165) is 6.08 Å². The SMILES string of the molecule is CN(C)C(=O)Cn1cc(/C=C/C(=O)O)cn1. The normalized spacial score (nSPS) is 10.6. The maximum atomic E-state index is 11.3. The molecule has 0 unspecified atom stereocenters. The van der Waals surface area contributed by atoms with Crippen LogP contribution in [-0.4, -0.2) is 45.8 Å². The molecule has 0 saturated carbocycles. The lowest BCUT2D eigenvalue weighted by Crippen LogP contribution is -2.26. The van der Waals surface area contributed by atoms with E-state index >= 15 is 0 Å². The van der Waals surface area contributed by atoms with E-state index in [9.17, 15) is 9.59 Å². The summed E-state index contributed by atoms with van der Waals surface area (Å²) in [6.45, 7) is 0.147. The number of carboxylic acids is 1. The fourth-order valence-electron chi connectivity index (χ4n) is 1.000. The second-order valence-electron chi connectivity index (χ2n) is 3.43. The molecule has 86 valence electrons. The maximum Gasteiger partial charge on any atom is 0.328 e. The summed E-state index contributed by atoms with van der Waals surface area (Å²) in [5, 5.41) is 12.4. The zero-order valence-electron chi connectivity index (χ0n) is 9.12. The van der Waals surface area contributed by atoms with Crippen LogP contribution in [0.4, 0.5) is 0 Å². The third-order valence-corrected chi connectivity index (χ3v) is 1.87. The number of rotatable bonds is 4. The lowest BCUT2D eigenvalue weighted by atomic mass is 10.3. The first kappa shape index (κ1) is 12.0. The molecule has 1 rings (SSSR count). The van der Waals surface area contributed by atoms with Crippen LogP contribution in [0, 0.1) is 0 Å². The van der Waals surface area contributed by atoms with E-state index in [0.29, 0.717) is 5.56 Å². The lowest BCUT2D eigenvalue weighted by molar-refractivity contribution is -0.131. The van der Waals surface area contributed by atoms with Crippen LogP contribution in [-0.2, 0) is 16.1 Å². The van der Waals surface area contributed by atoms with Crippen LogP contribution in [0.2, 0.25) is 0 Å². The third-order valence-electron chi connectivity index (χ3n) is 1.87. The molecule has 6 nitrogen and oxygen atoms in total. The molecule has 1 amide bonds. The summed E-state index contributed by atoms with van der Waals surface area (Å²) in [6, 6.07) is 0. The standard InChI is InChI=1S/C10H13N3O3/c1-12(2)9(14)7-13-6-8(5-11-13)3-4-10(15)16/h3-6H,7H2,1-2H3,(H,15,16)/b4-3+. The minimum atomic E-state index is -1.02. The van der Waals surface area contributed by atoms with Crippen LogP contribution in [0.3, 0.4) is 0 Å². The van der Waals surface area contributed by atoms with Crippen molar-refractivity contribution in [1.29, 1.82) is 0 Å². The molecule has 0 aliphatic heterocycles. The highest BCUT2D eigenvalue weighted by Gasteiger charge is 2.05. The van der Waals surface area contributed by atoms with Gasteiger partial charge in [0.25, 0.3) is 0 Å². The number of aromatic nitrogens is 2. The van der Waals surface area contributed by atoms with Crippen LogP contribution in [0.15, 0.2) is 18.5 Å². The summed E-state index contributed by atoms with van der Waals surface area (Å²) in [4.78, 5) is 23.1. The molecule has 0 fully saturated rings. The highest BCUT2D eigenvalue weighted by atomic mass is 16.4. The molecule has 6 heteroatoms. The Hall–Kier alpha value is -2.11.